The second-order valence-electron chi connectivity index (χ2n) is 6.84. The van der Waals surface area contributed by atoms with Crippen LogP contribution in [0.5, 0.6) is 0 Å². The molecular formula is C26H22N2. The SMILES string of the molecule is Cc1ccc(N=NC(c2ccccc2)(c2ccccc2)c2ccccc2)cc1. The number of benzene rings is 4. The maximum Gasteiger partial charge on any atom is 0.157 e. The van der Waals surface area contributed by atoms with Crippen LogP contribution in [0, 0.1) is 6.92 Å². The van der Waals surface area contributed by atoms with Gasteiger partial charge >= 0.3 is 0 Å². The van der Waals surface area contributed by atoms with E-state index >= 15 is 0 Å². The second-order valence-corrected chi connectivity index (χ2v) is 6.84. The monoisotopic (exact) mass is 362 g/mol. The Morgan fingerprint density at radius 2 is 0.893 bits per heavy atom. The fourth-order valence-electron chi connectivity index (χ4n) is 3.46. The summed E-state index contributed by atoms with van der Waals surface area (Å²) in [4.78, 5) is 0. The van der Waals surface area contributed by atoms with Crippen LogP contribution in [0.4, 0.5) is 5.69 Å². The van der Waals surface area contributed by atoms with Gasteiger partial charge in [0.2, 0.25) is 0 Å². The van der Waals surface area contributed by atoms with E-state index in [1.165, 1.54) is 5.56 Å². The summed E-state index contributed by atoms with van der Waals surface area (Å²) in [6.45, 7) is 2.07. The topological polar surface area (TPSA) is 24.7 Å². The van der Waals surface area contributed by atoms with E-state index in [0.717, 1.165) is 22.4 Å². The summed E-state index contributed by atoms with van der Waals surface area (Å²) in [6.07, 6.45) is 0. The van der Waals surface area contributed by atoms with E-state index < -0.39 is 5.54 Å². The lowest BCUT2D eigenvalue weighted by Crippen LogP contribution is -2.26. The standard InChI is InChI=1S/C26H22N2/c1-21-17-19-25(20-18-21)27-28-26(22-11-5-2-6-12-22,23-13-7-3-8-14-23)24-15-9-4-10-16-24/h2-20H,1H3. The van der Waals surface area contributed by atoms with Gasteiger partial charge in [0.1, 0.15) is 0 Å². The molecule has 2 nitrogen and oxygen atoms in total. The molecule has 0 saturated carbocycles. The molecule has 0 unspecified atom stereocenters. The van der Waals surface area contributed by atoms with Crippen molar-refractivity contribution >= 4 is 5.69 Å². The molecule has 28 heavy (non-hydrogen) atoms. The quantitative estimate of drug-likeness (QED) is 0.268. The molecule has 0 heterocycles. The second kappa shape index (κ2) is 8.01. The molecule has 0 N–H and O–H groups in total. The zero-order valence-corrected chi connectivity index (χ0v) is 15.9. The highest BCUT2D eigenvalue weighted by Gasteiger charge is 2.36. The Kier molecular flexibility index (Phi) is 5.11. The highest BCUT2D eigenvalue weighted by molar-refractivity contribution is 5.50. The van der Waals surface area contributed by atoms with Crippen molar-refractivity contribution in [2.24, 2.45) is 10.2 Å². The Bertz CT molecular complexity index is 941. The van der Waals surface area contributed by atoms with E-state index in [1.807, 2.05) is 30.3 Å². The minimum atomic E-state index is -0.714. The fraction of sp³-hybridized carbons (Fsp3) is 0.0769. The van der Waals surface area contributed by atoms with Crippen LogP contribution in [-0.4, -0.2) is 0 Å². The van der Waals surface area contributed by atoms with Crippen LogP contribution in [-0.2, 0) is 5.54 Å². The van der Waals surface area contributed by atoms with Gasteiger partial charge in [-0.25, -0.2) is 0 Å². The van der Waals surface area contributed by atoms with Gasteiger partial charge in [0.05, 0.1) is 5.69 Å². The molecule has 0 aliphatic rings. The van der Waals surface area contributed by atoms with Crippen molar-refractivity contribution in [2.45, 2.75) is 12.5 Å². The summed E-state index contributed by atoms with van der Waals surface area (Å²) < 4.78 is 0. The van der Waals surface area contributed by atoms with Crippen molar-refractivity contribution in [3.8, 4) is 0 Å². The maximum absolute atomic E-state index is 4.99. The van der Waals surface area contributed by atoms with Gasteiger partial charge in [0.15, 0.2) is 5.54 Å². The van der Waals surface area contributed by atoms with E-state index in [2.05, 4.69) is 97.0 Å². The molecular weight excluding hydrogens is 340 g/mol. The number of nitrogens with zero attached hydrogens (tertiary/aromatic N) is 2. The van der Waals surface area contributed by atoms with Gasteiger partial charge in [-0.2, -0.15) is 10.2 Å². The van der Waals surface area contributed by atoms with E-state index in [4.69, 9.17) is 5.11 Å². The molecule has 0 aliphatic carbocycles. The first-order chi connectivity index (χ1) is 13.8. The molecule has 4 rings (SSSR count). The largest absolute Gasteiger partial charge is 0.167 e. The van der Waals surface area contributed by atoms with E-state index in [0.29, 0.717) is 0 Å². The van der Waals surface area contributed by atoms with Gasteiger partial charge < -0.3 is 0 Å². The van der Waals surface area contributed by atoms with Crippen LogP contribution in [0.1, 0.15) is 22.3 Å². The molecule has 136 valence electrons. The Hall–Kier alpha value is -3.52. The summed E-state index contributed by atoms with van der Waals surface area (Å²) in [7, 11) is 0. The number of azo groups is 1. The van der Waals surface area contributed by atoms with Crippen LogP contribution >= 0.6 is 0 Å². The molecule has 0 aliphatic heterocycles. The third kappa shape index (κ3) is 3.49. The number of aryl methyl sites for hydroxylation is 1. The van der Waals surface area contributed by atoms with E-state index in [1.54, 1.807) is 0 Å². The Morgan fingerprint density at radius 1 is 0.500 bits per heavy atom. The van der Waals surface area contributed by atoms with Gasteiger partial charge in [-0.05, 0) is 35.7 Å². The van der Waals surface area contributed by atoms with E-state index in [-0.39, 0.29) is 0 Å². The minimum absolute atomic E-state index is 0.714. The lowest BCUT2D eigenvalue weighted by Gasteiger charge is -2.30. The number of hydrogen-bond acceptors (Lipinski definition) is 2. The molecule has 0 aromatic heterocycles. The third-order valence-electron chi connectivity index (χ3n) is 4.92. The predicted octanol–water partition coefficient (Wildman–Crippen LogP) is 7.07. The van der Waals surface area contributed by atoms with Crippen molar-refractivity contribution in [3.63, 3.8) is 0 Å². The molecule has 0 bridgehead atoms. The van der Waals surface area contributed by atoms with Crippen molar-refractivity contribution in [2.75, 3.05) is 0 Å². The first-order valence-corrected chi connectivity index (χ1v) is 9.45. The molecule has 4 aromatic carbocycles. The highest BCUT2D eigenvalue weighted by atomic mass is 15.2. The zero-order chi connectivity index (χ0) is 19.2. The summed E-state index contributed by atoms with van der Waals surface area (Å²) in [5, 5.41) is 9.66. The Morgan fingerprint density at radius 3 is 1.29 bits per heavy atom. The molecule has 0 saturated heterocycles. The van der Waals surface area contributed by atoms with E-state index in [9.17, 15) is 0 Å². The van der Waals surface area contributed by atoms with Crippen LogP contribution in [0.3, 0.4) is 0 Å². The van der Waals surface area contributed by atoms with Gasteiger partial charge in [-0.15, -0.1) is 0 Å². The molecule has 0 atom stereocenters. The predicted molar refractivity (Wildman–Crippen MR) is 115 cm³/mol. The average molecular weight is 362 g/mol. The number of hydrogen-bond donors (Lipinski definition) is 0. The summed E-state index contributed by atoms with van der Waals surface area (Å²) in [6, 6.07) is 39.2. The smallest absolute Gasteiger partial charge is 0.157 e. The third-order valence-corrected chi connectivity index (χ3v) is 4.92. The van der Waals surface area contributed by atoms with Gasteiger partial charge in [0, 0.05) is 0 Å². The van der Waals surface area contributed by atoms with Crippen molar-refractivity contribution < 1.29 is 0 Å². The number of rotatable bonds is 5. The summed E-state index contributed by atoms with van der Waals surface area (Å²) in [5.41, 5.74) is 4.60. The molecule has 0 radical (unpaired) electrons. The maximum atomic E-state index is 4.99. The summed E-state index contributed by atoms with van der Waals surface area (Å²) >= 11 is 0. The fourth-order valence-corrected chi connectivity index (χ4v) is 3.46. The summed E-state index contributed by atoms with van der Waals surface area (Å²) in [5.74, 6) is 0. The minimum Gasteiger partial charge on any atom is -0.167 e. The van der Waals surface area contributed by atoms with Crippen LogP contribution in [0.25, 0.3) is 0 Å². The first kappa shape index (κ1) is 17.9. The van der Waals surface area contributed by atoms with Crippen molar-refractivity contribution in [1.82, 2.24) is 0 Å². The van der Waals surface area contributed by atoms with Crippen LogP contribution in [0.2, 0.25) is 0 Å². The molecule has 0 spiro atoms. The first-order valence-electron chi connectivity index (χ1n) is 9.45. The van der Waals surface area contributed by atoms with Gasteiger partial charge in [-0.3, -0.25) is 0 Å². The molecule has 0 amide bonds. The lowest BCUT2D eigenvalue weighted by molar-refractivity contribution is 0.618. The van der Waals surface area contributed by atoms with Gasteiger partial charge in [-0.1, -0.05) is 109 Å². The molecule has 2 heteroatoms. The van der Waals surface area contributed by atoms with Crippen molar-refractivity contribution in [1.29, 1.82) is 0 Å². The molecule has 4 aromatic rings. The van der Waals surface area contributed by atoms with Gasteiger partial charge in [0.25, 0.3) is 0 Å². The average Bonchev–Trinajstić information content (AvgIpc) is 2.78. The zero-order valence-electron chi connectivity index (χ0n) is 15.9. The lowest BCUT2D eigenvalue weighted by atomic mass is 9.78. The molecule has 0 fully saturated rings. The van der Waals surface area contributed by atoms with Crippen molar-refractivity contribution in [3.05, 3.63) is 138 Å². The Balaban J connectivity index is 1.97. The Labute approximate surface area is 166 Å². The van der Waals surface area contributed by atoms with Crippen LogP contribution in [0.15, 0.2) is 125 Å². The van der Waals surface area contributed by atoms with Crippen LogP contribution < -0.4 is 0 Å². The normalized spacial score (nSPS) is 11.6. The highest BCUT2D eigenvalue weighted by Crippen LogP contribution is 2.41.